The second-order valence-corrected chi connectivity index (χ2v) is 9.07. The molecule has 32 heavy (non-hydrogen) atoms. The zero-order valence-electron chi connectivity index (χ0n) is 19.0. The minimum Gasteiger partial charge on any atom is -0.383 e. The Hall–Kier alpha value is -2.29. The first-order valence-electron chi connectivity index (χ1n) is 10.6. The number of benzene rings is 1. The zero-order valence-corrected chi connectivity index (χ0v) is 20.5. The van der Waals surface area contributed by atoms with E-state index in [1.807, 2.05) is 26.8 Å². The number of hydrogen-bond acceptors (Lipinski definition) is 5. The summed E-state index contributed by atoms with van der Waals surface area (Å²) in [6, 6.07) is 5.34. The highest BCUT2D eigenvalue weighted by atomic mass is 35.5. The molecule has 2 aromatic rings. The summed E-state index contributed by atoms with van der Waals surface area (Å²) in [5.74, 6) is -0.175. The molecule has 176 valence electrons. The number of nitrogens with two attached hydrogens (primary N) is 1. The number of nitrogens with one attached hydrogen (secondary N) is 1. The number of carbonyl (C=O) groups is 1. The molecule has 10 heteroatoms. The highest BCUT2D eigenvalue weighted by Gasteiger charge is 2.25. The van der Waals surface area contributed by atoms with Gasteiger partial charge in [0, 0.05) is 19.6 Å². The average molecular weight is 484 g/mol. The maximum Gasteiger partial charge on any atom is 0.330 e. The van der Waals surface area contributed by atoms with Crippen molar-refractivity contribution in [1.82, 2.24) is 14.5 Å². The van der Waals surface area contributed by atoms with E-state index in [2.05, 4.69) is 4.98 Å². The van der Waals surface area contributed by atoms with Crippen molar-refractivity contribution >= 4 is 40.6 Å². The summed E-state index contributed by atoms with van der Waals surface area (Å²) in [7, 11) is 1.78. The van der Waals surface area contributed by atoms with Crippen LogP contribution >= 0.6 is 23.2 Å². The van der Waals surface area contributed by atoms with Crippen molar-refractivity contribution in [2.75, 3.05) is 30.8 Å². The Bertz CT molecular complexity index is 1060. The topological polar surface area (TPSA) is 104 Å². The number of nitrogens with zero attached hydrogens (tertiary/aromatic N) is 3. The Morgan fingerprint density at radius 1 is 1.25 bits per heavy atom. The van der Waals surface area contributed by atoms with Crippen LogP contribution in [0.1, 0.15) is 39.2 Å². The summed E-state index contributed by atoms with van der Waals surface area (Å²) in [6.45, 7) is 6.92. The van der Waals surface area contributed by atoms with Crippen LogP contribution in [0.25, 0.3) is 0 Å². The first-order chi connectivity index (χ1) is 15.1. The quantitative estimate of drug-likeness (QED) is 0.538. The van der Waals surface area contributed by atoms with Gasteiger partial charge in [0.05, 0.1) is 16.6 Å². The molecule has 0 aliphatic rings. The van der Waals surface area contributed by atoms with E-state index in [-0.39, 0.29) is 29.9 Å². The van der Waals surface area contributed by atoms with E-state index in [1.54, 1.807) is 24.1 Å². The molecule has 1 aromatic heterocycles. The van der Waals surface area contributed by atoms with Crippen molar-refractivity contribution < 1.29 is 4.79 Å². The molecule has 8 nitrogen and oxygen atoms in total. The molecule has 0 radical (unpaired) electrons. The molecule has 1 amide bonds. The number of unbranched alkanes of at least 4 members (excludes halogenated alkanes) is 1. The molecule has 0 saturated heterocycles. The van der Waals surface area contributed by atoms with Gasteiger partial charge in [0.15, 0.2) is 5.69 Å². The molecule has 0 aliphatic heterocycles. The van der Waals surface area contributed by atoms with Gasteiger partial charge in [-0.05, 0) is 31.0 Å². The first kappa shape index (κ1) is 26.0. The van der Waals surface area contributed by atoms with Crippen molar-refractivity contribution in [3.05, 3.63) is 54.6 Å². The summed E-state index contributed by atoms with van der Waals surface area (Å²) in [6.07, 6.45) is 1.50. The molecule has 0 fully saturated rings. The van der Waals surface area contributed by atoms with Gasteiger partial charge in [-0.15, -0.1) is 0 Å². The van der Waals surface area contributed by atoms with Crippen LogP contribution < -0.4 is 21.9 Å². The highest BCUT2D eigenvalue weighted by Crippen LogP contribution is 2.26. The van der Waals surface area contributed by atoms with Gasteiger partial charge < -0.3 is 10.6 Å². The van der Waals surface area contributed by atoms with Crippen LogP contribution in [-0.2, 0) is 17.9 Å². The third kappa shape index (κ3) is 6.37. The molecule has 0 saturated carbocycles. The first-order valence-corrected chi connectivity index (χ1v) is 11.4. The summed E-state index contributed by atoms with van der Waals surface area (Å²) >= 11 is 12.4. The molecule has 0 spiro atoms. The van der Waals surface area contributed by atoms with Gasteiger partial charge in [-0.3, -0.25) is 24.0 Å². The SMILES string of the molecule is CCCCN(C(=O)CN(C)Cc1cccc(Cl)c1Cl)c1c(N)n(CC(C)C)c(=O)[nH]c1=O. The molecular weight excluding hydrogens is 453 g/mol. The number of nitrogen functional groups attached to an aromatic ring is 1. The molecule has 1 aromatic carbocycles. The van der Waals surface area contributed by atoms with Crippen LogP contribution in [-0.4, -0.2) is 40.5 Å². The Balaban J connectivity index is 2.35. The fourth-order valence-electron chi connectivity index (χ4n) is 3.40. The van der Waals surface area contributed by atoms with Crippen molar-refractivity contribution in [3.63, 3.8) is 0 Å². The zero-order chi connectivity index (χ0) is 24.0. The van der Waals surface area contributed by atoms with E-state index in [0.29, 0.717) is 36.1 Å². The Kier molecular flexibility index (Phi) is 9.36. The highest BCUT2D eigenvalue weighted by molar-refractivity contribution is 6.42. The molecule has 0 atom stereocenters. The van der Waals surface area contributed by atoms with E-state index in [9.17, 15) is 14.4 Å². The minimum absolute atomic E-state index is 0.00237. The standard InChI is InChI=1S/C22H31Cl2N5O3/c1-5-6-10-28(19-20(25)29(11-14(2)3)22(32)26-21(19)31)17(30)13-27(4)12-15-8-7-9-16(23)18(15)24/h7-9,14H,5-6,10-13,25H2,1-4H3,(H,26,31,32). The van der Waals surface area contributed by atoms with E-state index >= 15 is 0 Å². The lowest BCUT2D eigenvalue weighted by Gasteiger charge is -2.27. The molecule has 0 aliphatic carbocycles. The van der Waals surface area contributed by atoms with E-state index in [1.165, 1.54) is 9.47 Å². The molecule has 2 rings (SSSR count). The maximum atomic E-state index is 13.3. The second-order valence-electron chi connectivity index (χ2n) is 8.28. The summed E-state index contributed by atoms with van der Waals surface area (Å²) < 4.78 is 1.31. The van der Waals surface area contributed by atoms with Crippen LogP contribution in [0.15, 0.2) is 27.8 Å². The van der Waals surface area contributed by atoms with Crippen LogP contribution in [0.3, 0.4) is 0 Å². The van der Waals surface area contributed by atoms with Gasteiger partial charge in [-0.25, -0.2) is 4.79 Å². The number of H-pyrrole nitrogens is 1. The smallest absolute Gasteiger partial charge is 0.330 e. The van der Waals surface area contributed by atoms with Crippen molar-refractivity contribution in [2.45, 2.75) is 46.7 Å². The second kappa shape index (κ2) is 11.5. The van der Waals surface area contributed by atoms with Crippen LogP contribution in [0.4, 0.5) is 11.5 Å². The average Bonchev–Trinajstić information content (AvgIpc) is 2.70. The predicted octanol–water partition coefficient (Wildman–Crippen LogP) is 3.35. The number of likely N-dealkylation sites (N-methyl/N-ethyl adjacent to an activating group) is 1. The number of aromatic nitrogens is 2. The van der Waals surface area contributed by atoms with Gasteiger partial charge in [-0.1, -0.05) is 62.5 Å². The molecule has 1 heterocycles. The lowest BCUT2D eigenvalue weighted by molar-refractivity contribution is -0.119. The molecule has 0 unspecified atom stereocenters. The molecular formula is C22H31Cl2N5O3. The van der Waals surface area contributed by atoms with Gasteiger partial charge in [-0.2, -0.15) is 0 Å². The Morgan fingerprint density at radius 3 is 2.56 bits per heavy atom. The number of halogens is 2. The third-order valence-electron chi connectivity index (χ3n) is 4.95. The molecule has 3 N–H and O–H groups in total. The van der Waals surface area contributed by atoms with Crippen LogP contribution in [0.5, 0.6) is 0 Å². The summed E-state index contributed by atoms with van der Waals surface area (Å²) in [4.78, 5) is 43.7. The van der Waals surface area contributed by atoms with Gasteiger partial charge in [0.25, 0.3) is 5.56 Å². The normalized spacial score (nSPS) is 11.4. The molecule has 0 bridgehead atoms. The maximum absolute atomic E-state index is 13.3. The lowest BCUT2D eigenvalue weighted by Crippen LogP contribution is -2.45. The van der Waals surface area contributed by atoms with E-state index < -0.39 is 11.2 Å². The number of rotatable bonds is 10. The number of hydrogen-bond donors (Lipinski definition) is 2. The fraction of sp³-hybridized carbons (Fsp3) is 0.500. The largest absolute Gasteiger partial charge is 0.383 e. The summed E-state index contributed by atoms with van der Waals surface area (Å²) in [5, 5.41) is 0.887. The van der Waals surface area contributed by atoms with Crippen molar-refractivity contribution in [2.24, 2.45) is 5.92 Å². The number of carbonyl (C=O) groups excluding carboxylic acids is 1. The summed E-state index contributed by atoms with van der Waals surface area (Å²) in [5.41, 5.74) is 5.79. The van der Waals surface area contributed by atoms with Gasteiger partial charge in [0.1, 0.15) is 5.82 Å². The Morgan fingerprint density at radius 2 is 1.94 bits per heavy atom. The van der Waals surface area contributed by atoms with Gasteiger partial charge >= 0.3 is 5.69 Å². The number of aromatic amines is 1. The van der Waals surface area contributed by atoms with Crippen LogP contribution in [0, 0.1) is 5.92 Å². The lowest BCUT2D eigenvalue weighted by atomic mass is 10.2. The number of amides is 1. The van der Waals surface area contributed by atoms with E-state index in [4.69, 9.17) is 28.9 Å². The fourth-order valence-corrected chi connectivity index (χ4v) is 3.78. The van der Waals surface area contributed by atoms with Crippen molar-refractivity contribution in [3.8, 4) is 0 Å². The monoisotopic (exact) mass is 483 g/mol. The minimum atomic E-state index is -0.669. The van der Waals surface area contributed by atoms with E-state index in [0.717, 1.165) is 12.0 Å². The number of anilines is 2. The van der Waals surface area contributed by atoms with Crippen LogP contribution in [0.2, 0.25) is 10.0 Å². The Labute approximate surface area is 197 Å². The third-order valence-corrected chi connectivity index (χ3v) is 5.80. The van der Waals surface area contributed by atoms with Gasteiger partial charge in [0.2, 0.25) is 5.91 Å². The van der Waals surface area contributed by atoms with Crippen molar-refractivity contribution in [1.29, 1.82) is 0 Å². The predicted molar refractivity (Wildman–Crippen MR) is 131 cm³/mol.